The Hall–Kier alpha value is -2.16. The summed E-state index contributed by atoms with van der Waals surface area (Å²) in [5.74, 6) is -4.11. The van der Waals surface area contributed by atoms with Gasteiger partial charge in [0.2, 0.25) is 11.8 Å². The molecule has 3 atom stereocenters. The summed E-state index contributed by atoms with van der Waals surface area (Å²) < 4.78 is 0. The van der Waals surface area contributed by atoms with Crippen molar-refractivity contribution in [3.8, 4) is 0 Å². The molecule has 0 aromatic heterocycles. The van der Waals surface area contributed by atoms with Crippen LogP contribution in [-0.4, -0.2) is 52.1 Å². The molecule has 0 aromatic rings. The highest BCUT2D eigenvalue weighted by molar-refractivity contribution is 5.92. The van der Waals surface area contributed by atoms with Crippen LogP contribution in [0.3, 0.4) is 0 Å². The van der Waals surface area contributed by atoms with Gasteiger partial charge in [-0.2, -0.15) is 0 Å². The molecule has 0 saturated heterocycles. The Labute approximate surface area is 141 Å². The number of carbonyl (C=O) groups excluding carboxylic acids is 2. The van der Waals surface area contributed by atoms with Gasteiger partial charge in [0.25, 0.3) is 0 Å². The van der Waals surface area contributed by atoms with E-state index in [9.17, 15) is 19.2 Å². The number of rotatable bonds is 10. The zero-order chi connectivity index (χ0) is 19.0. The van der Waals surface area contributed by atoms with Gasteiger partial charge in [0.15, 0.2) is 0 Å². The smallest absolute Gasteiger partial charge is 0.326 e. The van der Waals surface area contributed by atoms with E-state index in [0.29, 0.717) is 0 Å². The largest absolute Gasteiger partial charge is 0.481 e. The Balaban J connectivity index is 4.97. The Morgan fingerprint density at radius 3 is 1.83 bits per heavy atom. The minimum absolute atomic E-state index is 0.122. The van der Waals surface area contributed by atoms with Gasteiger partial charge in [-0.05, 0) is 18.3 Å². The molecule has 0 aliphatic carbocycles. The topological polar surface area (TPSA) is 159 Å². The van der Waals surface area contributed by atoms with Gasteiger partial charge in [-0.1, -0.05) is 27.7 Å². The van der Waals surface area contributed by atoms with Crippen LogP contribution in [0.1, 0.15) is 40.5 Å². The van der Waals surface area contributed by atoms with Crippen LogP contribution in [0.15, 0.2) is 0 Å². The first-order valence-electron chi connectivity index (χ1n) is 7.78. The van der Waals surface area contributed by atoms with Gasteiger partial charge < -0.3 is 26.6 Å². The van der Waals surface area contributed by atoms with E-state index in [-0.39, 0.29) is 18.3 Å². The molecule has 2 amide bonds. The second kappa shape index (κ2) is 9.86. The standard InChI is InChI=1S/C15H27N3O6/c1-7(2)11(16)13(21)18-12(8(3)4)14(22)17-9(15(23)24)5-6-10(19)20/h7-9,11-12H,5-6,16H2,1-4H3,(H,17,22)(H,18,21)(H,19,20)(H,23,24). The molecule has 0 aliphatic rings. The Kier molecular flexibility index (Phi) is 8.97. The van der Waals surface area contributed by atoms with E-state index in [1.807, 2.05) is 0 Å². The summed E-state index contributed by atoms with van der Waals surface area (Å²) in [5.41, 5.74) is 5.74. The lowest BCUT2D eigenvalue weighted by Crippen LogP contribution is -2.57. The van der Waals surface area contributed by atoms with Crippen LogP contribution >= 0.6 is 0 Å². The molecule has 0 heterocycles. The van der Waals surface area contributed by atoms with E-state index in [1.165, 1.54) is 0 Å². The zero-order valence-electron chi connectivity index (χ0n) is 14.4. The van der Waals surface area contributed by atoms with Crippen LogP contribution in [0.4, 0.5) is 0 Å². The summed E-state index contributed by atoms with van der Waals surface area (Å²) in [6.07, 6.45) is -0.644. The molecule has 24 heavy (non-hydrogen) atoms. The summed E-state index contributed by atoms with van der Waals surface area (Å²) in [5, 5.41) is 22.5. The lowest BCUT2D eigenvalue weighted by atomic mass is 9.99. The molecule has 138 valence electrons. The lowest BCUT2D eigenvalue weighted by molar-refractivity contribution is -0.143. The van der Waals surface area contributed by atoms with Crippen LogP contribution in [-0.2, 0) is 19.2 Å². The van der Waals surface area contributed by atoms with E-state index < -0.39 is 48.3 Å². The number of carboxylic acid groups (broad SMARTS) is 2. The minimum atomic E-state index is -1.34. The minimum Gasteiger partial charge on any atom is -0.481 e. The first-order chi connectivity index (χ1) is 11.0. The van der Waals surface area contributed by atoms with Crippen molar-refractivity contribution in [2.24, 2.45) is 17.6 Å². The molecule has 0 fully saturated rings. The summed E-state index contributed by atoms with van der Waals surface area (Å²) >= 11 is 0. The van der Waals surface area contributed by atoms with E-state index in [2.05, 4.69) is 10.6 Å². The highest BCUT2D eigenvalue weighted by atomic mass is 16.4. The van der Waals surface area contributed by atoms with Gasteiger partial charge in [0.1, 0.15) is 12.1 Å². The average molecular weight is 345 g/mol. The van der Waals surface area contributed by atoms with E-state index in [0.717, 1.165) is 0 Å². The summed E-state index contributed by atoms with van der Waals surface area (Å²) in [4.78, 5) is 46.0. The third-order valence-electron chi connectivity index (χ3n) is 3.53. The molecular weight excluding hydrogens is 318 g/mol. The Bertz CT molecular complexity index is 478. The van der Waals surface area contributed by atoms with Crippen molar-refractivity contribution in [2.45, 2.75) is 58.7 Å². The molecule has 0 bridgehead atoms. The van der Waals surface area contributed by atoms with E-state index in [1.54, 1.807) is 27.7 Å². The van der Waals surface area contributed by atoms with Crippen LogP contribution in [0.2, 0.25) is 0 Å². The van der Waals surface area contributed by atoms with Gasteiger partial charge in [-0.15, -0.1) is 0 Å². The van der Waals surface area contributed by atoms with Crippen LogP contribution in [0.25, 0.3) is 0 Å². The van der Waals surface area contributed by atoms with Gasteiger partial charge in [-0.25, -0.2) is 4.79 Å². The SMILES string of the molecule is CC(C)C(N)C(=O)NC(C(=O)NC(CCC(=O)O)C(=O)O)C(C)C. The van der Waals surface area contributed by atoms with Crippen molar-refractivity contribution < 1.29 is 29.4 Å². The fraction of sp³-hybridized carbons (Fsp3) is 0.733. The number of nitrogens with two attached hydrogens (primary N) is 1. The number of hydrogen-bond donors (Lipinski definition) is 5. The van der Waals surface area contributed by atoms with Crippen LogP contribution in [0, 0.1) is 11.8 Å². The first kappa shape index (κ1) is 21.8. The predicted molar refractivity (Wildman–Crippen MR) is 86.0 cm³/mol. The molecule has 6 N–H and O–H groups in total. The maximum atomic E-state index is 12.3. The molecule has 9 heteroatoms. The summed E-state index contributed by atoms with van der Waals surface area (Å²) in [6, 6.07) is -3.10. The van der Waals surface area contributed by atoms with E-state index in [4.69, 9.17) is 15.9 Å². The van der Waals surface area contributed by atoms with Gasteiger partial charge in [0, 0.05) is 6.42 Å². The van der Waals surface area contributed by atoms with Gasteiger partial charge >= 0.3 is 11.9 Å². The fourth-order valence-corrected chi connectivity index (χ4v) is 1.87. The fourth-order valence-electron chi connectivity index (χ4n) is 1.87. The number of aliphatic carboxylic acids is 2. The number of carbonyl (C=O) groups is 4. The molecule has 0 rings (SSSR count). The molecule has 0 aliphatic heterocycles. The normalized spacial score (nSPS) is 14.8. The molecule has 9 nitrogen and oxygen atoms in total. The number of hydrogen-bond acceptors (Lipinski definition) is 5. The highest BCUT2D eigenvalue weighted by Gasteiger charge is 2.30. The summed E-state index contributed by atoms with van der Waals surface area (Å²) in [7, 11) is 0. The predicted octanol–water partition coefficient (Wildman–Crippen LogP) is -0.455. The third kappa shape index (κ3) is 7.40. The highest BCUT2D eigenvalue weighted by Crippen LogP contribution is 2.07. The quantitative estimate of drug-likeness (QED) is 0.358. The van der Waals surface area contributed by atoms with Crippen molar-refractivity contribution in [2.75, 3.05) is 0 Å². The second-order valence-corrected chi connectivity index (χ2v) is 6.33. The van der Waals surface area contributed by atoms with Crippen molar-refractivity contribution in [1.82, 2.24) is 10.6 Å². The lowest BCUT2D eigenvalue weighted by Gasteiger charge is -2.26. The maximum Gasteiger partial charge on any atom is 0.326 e. The molecule has 3 unspecified atom stereocenters. The number of carboxylic acids is 2. The first-order valence-corrected chi connectivity index (χ1v) is 7.78. The van der Waals surface area contributed by atoms with Crippen LogP contribution in [0.5, 0.6) is 0 Å². The Morgan fingerprint density at radius 1 is 0.917 bits per heavy atom. The van der Waals surface area contributed by atoms with Crippen molar-refractivity contribution >= 4 is 23.8 Å². The molecular formula is C15H27N3O6. The molecule has 0 spiro atoms. The monoisotopic (exact) mass is 345 g/mol. The maximum absolute atomic E-state index is 12.3. The zero-order valence-corrected chi connectivity index (χ0v) is 14.4. The van der Waals surface area contributed by atoms with Crippen molar-refractivity contribution in [3.63, 3.8) is 0 Å². The van der Waals surface area contributed by atoms with Crippen LogP contribution < -0.4 is 16.4 Å². The van der Waals surface area contributed by atoms with Gasteiger partial charge in [-0.3, -0.25) is 14.4 Å². The molecule has 0 saturated carbocycles. The summed E-state index contributed by atoms with van der Waals surface area (Å²) in [6.45, 7) is 6.92. The number of amides is 2. The molecule has 0 aromatic carbocycles. The number of nitrogens with one attached hydrogen (secondary N) is 2. The van der Waals surface area contributed by atoms with Crippen molar-refractivity contribution in [3.05, 3.63) is 0 Å². The van der Waals surface area contributed by atoms with E-state index >= 15 is 0 Å². The third-order valence-corrected chi connectivity index (χ3v) is 3.53. The van der Waals surface area contributed by atoms with Crippen molar-refractivity contribution in [1.29, 1.82) is 0 Å². The van der Waals surface area contributed by atoms with Gasteiger partial charge in [0.05, 0.1) is 6.04 Å². The Morgan fingerprint density at radius 2 is 1.46 bits per heavy atom. The average Bonchev–Trinajstić information content (AvgIpc) is 2.46. The second-order valence-electron chi connectivity index (χ2n) is 6.33. The molecule has 0 radical (unpaired) electrons.